The quantitative estimate of drug-likeness (QED) is 0.344. The minimum atomic E-state index is -1.09. The number of hydrogen-bond acceptors (Lipinski definition) is 6. The summed E-state index contributed by atoms with van der Waals surface area (Å²) in [5.74, 6) is -1.50. The molecule has 8 heteroatoms. The number of aliphatic carboxylic acids is 2. The molecule has 0 bridgehead atoms. The van der Waals surface area contributed by atoms with Gasteiger partial charge in [0.05, 0.1) is 6.20 Å². The number of carbonyl (C=O) groups is 2. The predicted molar refractivity (Wildman–Crippen MR) is 93.6 cm³/mol. The van der Waals surface area contributed by atoms with E-state index in [0.29, 0.717) is 25.1 Å². The second kappa shape index (κ2) is 9.31. The maximum absolute atomic E-state index is 11.3. The monoisotopic (exact) mass is 344 g/mol. The molecule has 0 aliphatic heterocycles. The minimum absolute atomic E-state index is 0.00738. The average molecular weight is 344 g/mol. The van der Waals surface area contributed by atoms with Crippen LogP contribution in [0.15, 0.2) is 35.6 Å². The van der Waals surface area contributed by atoms with Gasteiger partial charge in [-0.05, 0) is 19.3 Å². The summed E-state index contributed by atoms with van der Waals surface area (Å²) < 4.78 is 0. The third-order valence-electron chi connectivity index (χ3n) is 3.67. The van der Waals surface area contributed by atoms with Crippen LogP contribution in [0.5, 0.6) is 0 Å². The summed E-state index contributed by atoms with van der Waals surface area (Å²) in [5.41, 5.74) is 2.70. The van der Waals surface area contributed by atoms with E-state index in [1.54, 1.807) is 6.20 Å². The van der Waals surface area contributed by atoms with Crippen molar-refractivity contribution in [3.05, 3.63) is 30.5 Å². The second-order valence-corrected chi connectivity index (χ2v) is 5.56. The molecule has 25 heavy (non-hydrogen) atoms. The summed E-state index contributed by atoms with van der Waals surface area (Å²) in [6.45, 7) is 0. The van der Waals surface area contributed by atoms with Crippen LogP contribution in [0.2, 0.25) is 0 Å². The fraction of sp³-hybridized carbons (Fsp3) is 0.353. The van der Waals surface area contributed by atoms with Crippen LogP contribution in [0, 0.1) is 0 Å². The van der Waals surface area contributed by atoms with Crippen molar-refractivity contribution in [2.45, 2.75) is 38.5 Å². The molecule has 0 aliphatic rings. The zero-order valence-electron chi connectivity index (χ0n) is 13.7. The molecular weight excluding hydrogens is 324 g/mol. The zero-order valence-corrected chi connectivity index (χ0v) is 13.7. The molecular formula is C17H20N4O4. The van der Waals surface area contributed by atoms with Gasteiger partial charge in [-0.3, -0.25) is 10.2 Å². The molecule has 0 saturated carbocycles. The Bertz CT molecular complexity index is 771. The van der Waals surface area contributed by atoms with Crippen molar-refractivity contribution in [2.75, 3.05) is 5.43 Å². The molecule has 2 rings (SSSR count). The molecule has 0 atom stereocenters. The molecule has 2 aromatic rings. The molecule has 0 amide bonds. The molecule has 0 fully saturated rings. The lowest BCUT2D eigenvalue weighted by molar-refractivity contribution is -0.137. The van der Waals surface area contributed by atoms with Gasteiger partial charge < -0.3 is 10.2 Å². The number of hydrazone groups is 1. The average Bonchev–Trinajstić information content (AvgIpc) is 2.59. The van der Waals surface area contributed by atoms with E-state index in [1.165, 1.54) is 0 Å². The third-order valence-corrected chi connectivity index (χ3v) is 3.67. The van der Waals surface area contributed by atoms with Crippen molar-refractivity contribution in [1.29, 1.82) is 0 Å². The van der Waals surface area contributed by atoms with Crippen LogP contribution in [0.25, 0.3) is 10.8 Å². The van der Waals surface area contributed by atoms with Crippen LogP contribution in [0.1, 0.15) is 38.5 Å². The van der Waals surface area contributed by atoms with Crippen LogP contribution in [0.3, 0.4) is 0 Å². The van der Waals surface area contributed by atoms with E-state index in [1.807, 2.05) is 24.3 Å². The highest BCUT2D eigenvalue weighted by atomic mass is 16.4. The largest absolute Gasteiger partial charge is 0.481 e. The van der Waals surface area contributed by atoms with Gasteiger partial charge in [-0.15, -0.1) is 5.10 Å². The van der Waals surface area contributed by atoms with Gasteiger partial charge in [-0.2, -0.15) is 10.2 Å². The van der Waals surface area contributed by atoms with Gasteiger partial charge in [0.25, 0.3) is 0 Å². The van der Waals surface area contributed by atoms with Crippen molar-refractivity contribution in [1.82, 2.24) is 10.2 Å². The molecule has 1 aromatic carbocycles. The first-order valence-electron chi connectivity index (χ1n) is 8.06. The number of nitrogens with zero attached hydrogens (tertiary/aromatic N) is 3. The van der Waals surface area contributed by atoms with E-state index in [2.05, 4.69) is 20.7 Å². The molecule has 1 aromatic heterocycles. The number of fused-ring (bicyclic) bond motifs is 1. The van der Waals surface area contributed by atoms with Crippen molar-refractivity contribution >= 4 is 34.2 Å². The lowest BCUT2D eigenvalue weighted by Gasteiger charge is -2.05. The maximum atomic E-state index is 11.3. The Labute approximate surface area is 144 Å². The molecule has 0 unspecified atom stereocenters. The van der Waals surface area contributed by atoms with E-state index >= 15 is 0 Å². The first kappa shape index (κ1) is 18.3. The Morgan fingerprint density at radius 1 is 1.04 bits per heavy atom. The van der Waals surface area contributed by atoms with E-state index in [9.17, 15) is 14.7 Å². The number of benzene rings is 1. The van der Waals surface area contributed by atoms with Gasteiger partial charge in [0.15, 0.2) is 5.82 Å². The summed E-state index contributed by atoms with van der Waals surface area (Å²) in [5, 5.41) is 31.3. The third kappa shape index (κ3) is 5.83. The highest BCUT2D eigenvalue weighted by Gasteiger charge is 2.10. The number of anilines is 1. The predicted octanol–water partition coefficient (Wildman–Crippen LogP) is 2.91. The molecule has 0 radical (unpaired) electrons. The first-order valence-corrected chi connectivity index (χ1v) is 8.06. The van der Waals surface area contributed by atoms with Gasteiger partial charge in [-0.1, -0.05) is 37.1 Å². The van der Waals surface area contributed by atoms with Gasteiger partial charge in [0.1, 0.15) is 5.71 Å². The lowest BCUT2D eigenvalue weighted by atomic mass is 10.1. The van der Waals surface area contributed by atoms with E-state index in [4.69, 9.17) is 5.11 Å². The highest BCUT2D eigenvalue weighted by Crippen LogP contribution is 2.19. The number of nitrogens with one attached hydrogen (secondary N) is 1. The summed E-state index contributed by atoms with van der Waals surface area (Å²) in [6, 6.07) is 7.47. The van der Waals surface area contributed by atoms with Crippen LogP contribution >= 0.6 is 0 Å². The Kier molecular flexibility index (Phi) is 6.82. The zero-order chi connectivity index (χ0) is 18.1. The lowest BCUT2D eigenvalue weighted by Crippen LogP contribution is -2.15. The van der Waals surface area contributed by atoms with Gasteiger partial charge in [-0.25, -0.2) is 4.79 Å². The van der Waals surface area contributed by atoms with Gasteiger partial charge in [0.2, 0.25) is 0 Å². The Morgan fingerprint density at radius 3 is 2.48 bits per heavy atom. The Morgan fingerprint density at radius 2 is 1.76 bits per heavy atom. The normalized spacial score (nSPS) is 11.4. The molecule has 3 N–H and O–H groups in total. The summed E-state index contributed by atoms with van der Waals surface area (Å²) in [7, 11) is 0. The van der Waals surface area contributed by atoms with Crippen molar-refractivity contribution < 1.29 is 19.8 Å². The van der Waals surface area contributed by atoms with Crippen molar-refractivity contribution in [3.63, 3.8) is 0 Å². The molecule has 132 valence electrons. The number of aromatic nitrogens is 2. The van der Waals surface area contributed by atoms with Crippen LogP contribution in [-0.4, -0.2) is 38.1 Å². The summed E-state index contributed by atoms with van der Waals surface area (Å²) in [6.07, 6.45) is 4.80. The number of carboxylic acids is 2. The Balaban J connectivity index is 1.93. The van der Waals surface area contributed by atoms with Crippen LogP contribution in [-0.2, 0) is 9.59 Å². The minimum Gasteiger partial charge on any atom is -0.481 e. The standard InChI is InChI=1S/C17H20N4O4/c22-15(23)10-4-2-1-3-9-14(17(24)25)19-21-16-13-8-6-5-7-12(13)11-18-20-16/h5-8,11H,1-4,9-10H2,(H,20,21)(H,22,23)(H,24,25)/b19-14+. The summed E-state index contributed by atoms with van der Waals surface area (Å²) in [4.78, 5) is 21.7. The number of carboxylic acid groups (broad SMARTS) is 2. The Hall–Kier alpha value is -3.03. The smallest absolute Gasteiger partial charge is 0.352 e. The molecule has 1 heterocycles. The van der Waals surface area contributed by atoms with Gasteiger partial charge in [0, 0.05) is 17.2 Å². The number of hydrogen-bond donors (Lipinski definition) is 3. The molecule has 0 spiro atoms. The first-order chi connectivity index (χ1) is 12.1. The number of unbranched alkanes of at least 4 members (excludes halogenated alkanes) is 3. The van der Waals surface area contributed by atoms with E-state index < -0.39 is 11.9 Å². The van der Waals surface area contributed by atoms with Crippen molar-refractivity contribution in [2.24, 2.45) is 5.10 Å². The molecule has 0 saturated heterocycles. The second-order valence-electron chi connectivity index (χ2n) is 5.56. The van der Waals surface area contributed by atoms with Crippen LogP contribution in [0.4, 0.5) is 5.82 Å². The fourth-order valence-corrected chi connectivity index (χ4v) is 2.36. The highest BCUT2D eigenvalue weighted by molar-refractivity contribution is 6.35. The number of rotatable bonds is 10. The summed E-state index contributed by atoms with van der Waals surface area (Å²) >= 11 is 0. The van der Waals surface area contributed by atoms with Crippen molar-refractivity contribution in [3.8, 4) is 0 Å². The van der Waals surface area contributed by atoms with E-state index in [0.717, 1.165) is 23.6 Å². The SMILES string of the molecule is O=C(O)CCCCCC/C(=N\Nc1nncc2ccccc12)C(=O)O. The van der Waals surface area contributed by atoms with Crippen LogP contribution < -0.4 is 5.43 Å². The van der Waals surface area contributed by atoms with Gasteiger partial charge >= 0.3 is 11.9 Å². The molecule has 0 aliphatic carbocycles. The molecule has 8 nitrogen and oxygen atoms in total. The topological polar surface area (TPSA) is 125 Å². The van der Waals surface area contributed by atoms with E-state index in [-0.39, 0.29) is 12.1 Å². The fourth-order valence-electron chi connectivity index (χ4n) is 2.36. The maximum Gasteiger partial charge on any atom is 0.352 e.